The maximum Gasteiger partial charge on any atom is 0.253 e. The van der Waals surface area contributed by atoms with Gasteiger partial charge < -0.3 is 20.1 Å². The van der Waals surface area contributed by atoms with Crippen LogP contribution in [0.2, 0.25) is 0 Å². The number of carbonyl (C=O) groups excluding carboxylic acids is 1. The molecular formula is C17H24N2O3. The van der Waals surface area contributed by atoms with Crippen LogP contribution in [0.25, 0.3) is 6.08 Å². The molecule has 0 radical (unpaired) electrons. The number of fused-ring (bicyclic) bond motifs is 1. The van der Waals surface area contributed by atoms with Crippen LogP contribution in [0.3, 0.4) is 0 Å². The van der Waals surface area contributed by atoms with Crippen LogP contribution >= 0.6 is 0 Å². The number of benzene rings is 1. The van der Waals surface area contributed by atoms with E-state index in [1.54, 1.807) is 19.1 Å². The Kier molecular flexibility index (Phi) is 4.76. The minimum Gasteiger partial charge on any atom is -0.493 e. The average Bonchev–Trinajstić information content (AvgIpc) is 2.52. The summed E-state index contributed by atoms with van der Waals surface area (Å²) >= 11 is 0. The first-order valence-corrected chi connectivity index (χ1v) is 7.34. The first-order valence-electron chi connectivity index (χ1n) is 7.34. The van der Waals surface area contributed by atoms with Gasteiger partial charge in [-0.15, -0.1) is 0 Å². The van der Waals surface area contributed by atoms with Gasteiger partial charge in [-0.25, -0.2) is 0 Å². The number of rotatable bonds is 5. The summed E-state index contributed by atoms with van der Waals surface area (Å²) in [6.07, 6.45) is 1.87. The number of para-hydroxylation sites is 1. The lowest BCUT2D eigenvalue weighted by Gasteiger charge is -2.30. The predicted octanol–water partition coefficient (Wildman–Crippen LogP) is 1.91. The second kappa shape index (κ2) is 6.40. The molecule has 0 saturated carbocycles. The number of hydrogen-bond acceptors (Lipinski definition) is 4. The fraction of sp³-hybridized carbons (Fsp3) is 0.471. The summed E-state index contributed by atoms with van der Waals surface area (Å²) in [7, 11) is 3.40. The van der Waals surface area contributed by atoms with Crippen molar-refractivity contribution in [2.75, 3.05) is 33.9 Å². The standard InChI is InChI=1S/C17H24N2O3/c1-17(2,10-18)11-19(3)16(20)13-8-12-6-5-7-14(21-4)15(12)22-9-13/h5-8H,9-11,18H2,1-4H3. The van der Waals surface area contributed by atoms with E-state index in [4.69, 9.17) is 15.2 Å². The number of amides is 1. The van der Waals surface area contributed by atoms with E-state index in [2.05, 4.69) is 0 Å². The van der Waals surface area contributed by atoms with Gasteiger partial charge in [0.1, 0.15) is 6.61 Å². The molecule has 5 heteroatoms. The van der Waals surface area contributed by atoms with Gasteiger partial charge in [-0.05, 0) is 24.1 Å². The van der Waals surface area contributed by atoms with Crippen LogP contribution in [0, 0.1) is 5.41 Å². The average molecular weight is 304 g/mol. The highest BCUT2D eigenvalue weighted by molar-refractivity contribution is 5.99. The molecule has 1 aromatic carbocycles. The Bertz CT molecular complexity index is 594. The van der Waals surface area contributed by atoms with Gasteiger partial charge >= 0.3 is 0 Å². The summed E-state index contributed by atoms with van der Waals surface area (Å²) < 4.78 is 11.0. The molecule has 0 atom stereocenters. The number of methoxy groups -OCH3 is 1. The third-order valence-corrected chi connectivity index (χ3v) is 3.77. The summed E-state index contributed by atoms with van der Waals surface area (Å²) in [5.74, 6) is 1.33. The van der Waals surface area contributed by atoms with Crippen LogP contribution in [0.5, 0.6) is 11.5 Å². The second-order valence-corrected chi connectivity index (χ2v) is 6.37. The van der Waals surface area contributed by atoms with E-state index in [1.807, 2.05) is 38.1 Å². The van der Waals surface area contributed by atoms with Gasteiger partial charge in [0.2, 0.25) is 0 Å². The number of nitrogens with two attached hydrogens (primary N) is 1. The maximum absolute atomic E-state index is 12.6. The summed E-state index contributed by atoms with van der Waals surface area (Å²) in [6, 6.07) is 5.63. The van der Waals surface area contributed by atoms with Crippen molar-refractivity contribution in [1.82, 2.24) is 4.90 Å². The first kappa shape index (κ1) is 16.4. The number of hydrogen-bond donors (Lipinski definition) is 1. The van der Waals surface area contributed by atoms with Crippen molar-refractivity contribution < 1.29 is 14.3 Å². The highest BCUT2D eigenvalue weighted by atomic mass is 16.5. The normalized spacial score (nSPS) is 13.8. The fourth-order valence-corrected chi connectivity index (χ4v) is 2.49. The monoisotopic (exact) mass is 304 g/mol. The van der Waals surface area contributed by atoms with Crippen molar-refractivity contribution in [3.8, 4) is 11.5 Å². The SMILES string of the molecule is COc1cccc2c1OCC(C(=O)N(C)CC(C)(C)CN)=C2. The largest absolute Gasteiger partial charge is 0.493 e. The second-order valence-electron chi connectivity index (χ2n) is 6.37. The van der Waals surface area contributed by atoms with Crippen molar-refractivity contribution in [3.63, 3.8) is 0 Å². The predicted molar refractivity (Wildman–Crippen MR) is 86.9 cm³/mol. The molecule has 0 bridgehead atoms. The zero-order chi connectivity index (χ0) is 16.3. The quantitative estimate of drug-likeness (QED) is 0.902. The van der Waals surface area contributed by atoms with E-state index in [-0.39, 0.29) is 17.9 Å². The Hall–Kier alpha value is -2.01. The van der Waals surface area contributed by atoms with Gasteiger partial charge in [-0.1, -0.05) is 26.0 Å². The molecule has 120 valence electrons. The van der Waals surface area contributed by atoms with Crippen LogP contribution in [0.4, 0.5) is 0 Å². The zero-order valence-corrected chi connectivity index (χ0v) is 13.7. The third kappa shape index (κ3) is 3.42. The Labute approximate surface area is 131 Å². The van der Waals surface area contributed by atoms with Gasteiger partial charge in [-0.2, -0.15) is 0 Å². The Morgan fingerprint density at radius 1 is 1.45 bits per heavy atom. The Morgan fingerprint density at radius 2 is 2.18 bits per heavy atom. The van der Waals surface area contributed by atoms with Gasteiger partial charge in [0.05, 0.1) is 12.7 Å². The smallest absolute Gasteiger partial charge is 0.253 e. The summed E-state index contributed by atoms with van der Waals surface area (Å²) in [6.45, 7) is 5.47. The molecule has 0 fully saturated rings. The van der Waals surface area contributed by atoms with Crippen molar-refractivity contribution in [2.24, 2.45) is 11.1 Å². The van der Waals surface area contributed by atoms with Crippen LogP contribution in [-0.2, 0) is 4.79 Å². The van der Waals surface area contributed by atoms with E-state index in [0.29, 0.717) is 30.2 Å². The fourth-order valence-electron chi connectivity index (χ4n) is 2.49. The molecule has 1 amide bonds. The molecule has 1 heterocycles. The molecule has 0 spiro atoms. The van der Waals surface area contributed by atoms with E-state index in [1.165, 1.54) is 0 Å². The zero-order valence-electron chi connectivity index (χ0n) is 13.7. The third-order valence-electron chi connectivity index (χ3n) is 3.77. The van der Waals surface area contributed by atoms with E-state index >= 15 is 0 Å². The summed E-state index contributed by atoms with van der Waals surface area (Å²) in [5, 5.41) is 0. The Balaban J connectivity index is 2.19. The highest BCUT2D eigenvalue weighted by Crippen LogP contribution is 2.35. The summed E-state index contributed by atoms with van der Waals surface area (Å²) in [4.78, 5) is 14.3. The van der Waals surface area contributed by atoms with Crippen LogP contribution < -0.4 is 15.2 Å². The molecule has 1 aliphatic rings. The van der Waals surface area contributed by atoms with E-state index in [9.17, 15) is 4.79 Å². The molecule has 0 aliphatic carbocycles. The van der Waals surface area contributed by atoms with Gasteiger partial charge in [-0.3, -0.25) is 4.79 Å². The number of ether oxygens (including phenoxy) is 2. The maximum atomic E-state index is 12.6. The molecule has 22 heavy (non-hydrogen) atoms. The topological polar surface area (TPSA) is 64.8 Å². The van der Waals surface area contributed by atoms with Gasteiger partial charge in [0.15, 0.2) is 11.5 Å². The van der Waals surface area contributed by atoms with Gasteiger partial charge in [0, 0.05) is 19.2 Å². The van der Waals surface area contributed by atoms with Crippen molar-refractivity contribution in [2.45, 2.75) is 13.8 Å². The van der Waals surface area contributed by atoms with Crippen LogP contribution in [-0.4, -0.2) is 44.7 Å². The highest BCUT2D eigenvalue weighted by Gasteiger charge is 2.26. The number of likely N-dealkylation sites (N-methyl/N-ethyl adjacent to an activating group) is 1. The molecule has 1 aliphatic heterocycles. The lowest BCUT2D eigenvalue weighted by atomic mass is 9.93. The molecule has 2 rings (SSSR count). The summed E-state index contributed by atoms with van der Waals surface area (Å²) in [5.41, 5.74) is 7.12. The molecule has 0 unspecified atom stereocenters. The Morgan fingerprint density at radius 3 is 2.82 bits per heavy atom. The lowest BCUT2D eigenvalue weighted by Crippen LogP contribution is -2.41. The molecule has 0 aromatic heterocycles. The molecule has 2 N–H and O–H groups in total. The lowest BCUT2D eigenvalue weighted by molar-refractivity contribution is -0.127. The van der Waals surface area contributed by atoms with Gasteiger partial charge in [0.25, 0.3) is 5.91 Å². The molecule has 5 nitrogen and oxygen atoms in total. The van der Waals surface area contributed by atoms with Crippen molar-refractivity contribution in [1.29, 1.82) is 0 Å². The van der Waals surface area contributed by atoms with Crippen LogP contribution in [0.1, 0.15) is 19.4 Å². The number of carbonyl (C=O) groups is 1. The van der Waals surface area contributed by atoms with Crippen LogP contribution in [0.15, 0.2) is 23.8 Å². The molecular weight excluding hydrogens is 280 g/mol. The van der Waals surface area contributed by atoms with Crippen molar-refractivity contribution >= 4 is 12.0 Å². The minimum atomic E-state index is -0.110. The van der Waals surface area contributed by atoms with Crippen molar-refractivity contribution in [3.05, 3.63) is 29.3 Å². The minimum absolute atomic E-state index is 0.0324. The molecule has 0 saturated heterocycles. The number of nitrogens with zero attached hydrogens (tertiary/aromatic N) is 1. The molecule has 1 aromatic rings. The first-order chi connectivity index (χ1) is 10.4. The van der Waals surface area contributed by atoms with E-state index in [0.717, 1.165) is 5.56 Å². The van der Waals surface area contributed by atoms with E-state index < -0.39 is 0 Å².